The summed E-state index contributed by atoms with van der Waals surface area (Å²) in [5.41, 5.74) is 0.134. The van der Waals surface area contributed by atoms with Gasteiger partial charge in [0.25, 0.3) is 0 Å². The average Bonchev–Trinajstić information content (AvgIpc) is 2.26. The molecule has 3 nitrogen and oxygen atoms in total. The monoisotopic (exact) mass is 244 g/mol. The fourth-order valence-electron chi connectivity index (χ4n) is 2.12. The van der Waals surface area contributed by atoms with Gasteiger partial charge in [0.1, 0.15) is 7.59 Å². The summed E-state index contributed by atoms with van der Waals surface area (Å²) in [6.07, 6.45) is 3.31. The van der Waals surface area contributed by atoms with Crippen molar-refractivity contribution in [2.24, 2.45) is 0 Å². The number of hydrogen-bond acceptors (Lipinski definition) is 3. The minimum atomic E-state index is -1.42. The van der Waals surface area contributed by atoms with Gasteiger partial charge in [-0.25, -0.2) is 4.79 Å². The first kappa shape index (κ1) is 12.7. The maximum atomic E-state index is 11.2. The lowest BCUT2D eigenvalue weighted by molar-refractivity contribution is -0.139. The predicted molar refractivity (Wildman–Crippen MR) is 65.9 cm³/mol. The van der Waals surface area contributed by atoms with E-state index in [4.69, 9.17) is 9.16 Å². The SMILES string of the molecule is C=CC(=O)OC(CC)[Si]1(C)CCCO[SiH2]1. The molecule has 0 amide bonds. The summed E-state index contributed by atoms with van der Waals surface area (Å²) in [5, 5.41) is 0. The van der Waals surface area contributed by atoms with Crippen LogP contribution in [0.15, 0.2) is 12.7 Å². The van der Waals surface area contributed by atoms with E-state index in [1.807, 2.05) is 0 Å². The van der Waals surface area contributed by atoms with Crippen molar-refractivity contribution < 1.29 is 14.0 Å². The van der Waals surface area contributed by atoms with Crippen molar-refractivity contribution in [3.8, 4) is 0 Å². The van der Waals surface area contributed by atoms with Crippen LogP contribution in [0.5, 0.6) is 0 Å². The molecule has 86 valence electrons. The van der Waals surface area contributed by atoms with Crippen molar-refractivity contribution in [3.63, 3.8) is 0 Å². The number of ether oxygens (including phenoxy) is 1. The Hall–Kier alpha value is -0.396. The van der Waals surface area contributed by atoms with E-state index in [0.29, 0.717) is 0 Å². The molecule has 0 saturated carbocycles. The van der Waals surface area contributed by atoms with Crippen molar-refractivity contribution in [1.82, 2.24) is 0 Å². The molecule has 15 heavy (non-hydrogen) atoms. The van der Waals surface area contributed by atoms with E-state index < -0.39 is 16.9 Å². The number of hydrogen-bond donors (Lipinski definition) is 0. The highest BCUT2D eigenvalue weighted by Gasteiger charge is 2.40. The summed E-state index contributed by atoms with van der Waals surface area (Å²) in [5.74, 6) is -0.282. The van der Waals surface area contributed by atoms with Crippen molar-refractivity contribution in [2.45, 2.75) is 38.1 Å². The third-order valence-electron chi connectivity index (χ3n) is 3.04. The van der Waals surface area contributed by atoms with Gasteiger partial charge in [-0.05, 0) is 12.8 Å². The van der Waals surface area contributed by atoms with Crippen LogP contribution in [0.3, 0.4) is 0 Å². The fraction of sp³-hybridized carbons (Fsp3) is 0.700. The van der Waals surface area contributed by atoms with Gasteiger partial charge < -0.3 is 9.16 Å². The van der Waals surface area contributed by atoms with Crippen LogP contribution >= 0.6 is 0 Å². The summed E-state index contributed by atoms with van der Waals surface area (Å²) in [4.78, 5) is 11.2. The van der Waals surface area contributed by atoms with Gasteiger partial charge in [0.2, 0.25) is 0 Å². The van der Waals surface area contributed by atoms with Crippen LogP contribution in [0.4, 0.5) is 0 Å². The summed E-state index contributed by atoms with van der Waals surface area (Å²) < 4.78 is 11.1. The third-order valence-corrected chi connectivity index (χ3v) is 12.8. The van der Waals surface area contributed by atoms with E-state index in [1.54, 1.807) is 0 Å². The molecular weight excluding hydrogens is 224 g/mol. The van der Waals surface area contributed by atoms with Gasteiger partial charge in [-0.3, -0.25) is 0 Å². The summed E-state index contributed by atoms with van der Waals surface area (Å²) >= 11 is 0. The number of esters is 1. The van der Waals surface area contributed by atoms with Crippen LogP contribution in [0, 0.1) is 0 Å². The molecule has 1 rings (SSSR count). The summed E-state index contributed by atoms with van der Waals surface area (Å²) in [6.45, 7) is 8.76. The largest absolute Gasteiger partial charge is 0.463 e. The Morgan fingerprint density at radius 1 is 1.80 bits per heavy atom. The van der Waals surface area contributed by atoms with Crippen molar-refractivity contribution in [2.75, 3.05) is 6.61 Å². The van der Waals surface area contributed by atoms with Crippen LogP contribution in [0.1, 0.15) is 19.8 Å². The molecule has 1 saturated heterocycles. The second kappa shape index (κ2) is 5.62. The van der Waals surface area contributed by atoms with E-state index in [9.17, 15) is 4.79 Å². The van der Waals surface area contributed by atoms with E-state index in [2.05, 4.69) is 20.0 Å². The lowest BCUT2D eigenvalue weighted by atomic mass is 10.5. The topological polar surface area (TPSA) is 35.5 Å². The van der Waals surface area contributed by atoms with Crippen molar-refractivity contribution in [3.05, 3.63) is 12.7 Å². The Morgan fingerprint density at radius 2 is 2.53 bits per heavy atom. The molecule has 5 heteroatoms. The molecule has 0 aromatic heterocycles. The maximum absolute atomic E-state index is 11.2. The first-order chi connectivity index (χ1) is 7.12. The average molecular weight is 244 g/mol. The van der Waals surface area contributed by atoms with Crippen LogP contribution < -0.4 is 0 Å². The van der Waals surface area contributed by atoms with Gasteiger partial charge in [0.05, 0.1) is 5.73 Å². The van der Waals surface area contributed by atoms with Crippen molar-refractivity contribution in [1.29, 1.82) is 0 Å². The van der Waals surface area contributed by atoms with Gasteiger partial charge in [-0.2, -0.15) is 0 Å². The minimum Gasteiger partial charge on any atom is -0.463 e. The first-order valence-electron chi connectivity index (χ1n) is 5.53. The molecule has 1 aliphatic rings. The Bertz CT molecular complexity index is 237. The van der Waals surface area contributed by atoms with Crippen molar-refractivity contribution >= 4 is 22.8 Å². The zero-order valence-corrected chi connectivity index (χ0v) is 12.0. The van der Waals surface area contributed by atoms with Gasteiger partial charge >= 0.3 is 5.97 Å². The van der Waals surface area contributed by atoms with E-state index in [-0.39, 0.29) is 11.7 Å². The second-order valence-electron chi connectivity index (χ2n) is 4.35. The Kier molecular flexibility index (Phi) is 4.75. The summed E-state index contributed by atoms with van der Waals surface area (Å²) in [6, 6.07) is 1.25. The predicted octanol–water partition coefficient (Wildman–Crippen LogP) is 1.11. The van der Waals surface area contributed by atoms with Gasteiger partial charge in [-0.15, -0.1) is 0 Å². The number of carbonyl (C=O) groups excluding carboxylic acids is 1. The quantitative estimate of drug-likeness (QED) is 0.422. The van der Waals surface area contributed by atoms with Crippen LogP contribution in [-0.4, -0.2) is 35.2 Å². The van der Waals surface area contributed by atoms with Gasteiger partial charge in [0.15, 0.2) is 9.28 Å². The molecular formula is C10H20O3Si2. The molecule has 0 N–H and O–H groups in total. The van der Waals surface area contributed by atoms with Crippen LogP contribution in [-0.2, 0) is 14.0 Å². The molecule has 0 spiro atoms. The standard InChI is InChI=1S/C10H20O3Si2/c1-4-9(11)13-10(5-2)15(3)8-6-7-12-14-15/h4,10H,1,5-8,14H2,2-3H3. The Labute approximate surface area is 94.6 Å². The van der Waals surface area contributed by atoms with Crippen LogP contribution in [0.25, 0.3) is 0 Å². The highest BCUT2D eigenvalue weighted by Crippen LogP contribution is 2.24. The summed E-state index contributed by atoms with van der Waals surface area (Å²) in [7, 11) is -1.87. The lowest BCUT2D eigenvalue weighted by Gasteiger charge is -2.36. The maximum Gasteiger partial charge on any atom is 0.330 e. The lowest BCUT2D eigenvalue weighted by Crippen LogP contribution is -2.55. The van der Waals surface area contributed by atoms with Gasteiger partial charge in [-0.1, -0.05) is 26.1 Å². The highest BCUT2D eigenvalue weighted by atomic mass is 29.2. The van der Waals surface area contributed by atoms with E-state index >= 15 is 0 Å². The Balaban J connectivity index is 2.62. The van der Waals surface area contributed by atoms with Gasteiger partial charge in [0, 0.05) is 12.7 Å². The molecule has 0 aromatic carbocycles. The fourth-order valence-corrected chi connectivity index (χ4v) is 10.6. The van der Waals surface area contributed by atoms with Crippen LogP contribution in [0.2, 0.25) is 12.6 Å². The second-order valence-corrected chi connectivity index (χ2v) is 15.2. The zero-order chi connectivity index (χ0) is 11.3. The minimum absolute atomic E-state index is 0.134. The highest BCUT2D eigenvalue weighted by molar-refractivity contribution is 7.23. The molecule has 2 atom stereocenters. The molecule has 0 radical (unpaired) electrons. The van der Waals surface area contributed by atoms with E-state index in [1.165, 1.54) is 12.1 Å². The molecule has 0 bridgehead atoms. The third kappa shape index (κ3) is 3.29. The zero-order valence-electron chi connectivity index (χ0n) is 9.62. The smallest absolute Gasteiger partial charge is 0.330 e. The molecule has 0 aromatic rings. The first-order valence-corrected chi connectivity index (χ1v) is 11.2. The normalized spacial score (nSPS) is 29.7. The molecule has 2 unspecified atom stereocenters. The Morgan fingerprint density at radius 3 is 3.00 bits per heavy atom. The molecule has 1 fully saturated rings. The van der Waals surface area contributed by atoms with E-state index in [0.717, 1.165) is 19.4 Å². The number of rotatable bonds is 4. The molecule has 0 aliphatic carbocycles. The number of carbonyl (C=O) groups is 1. The molecule has 1 aliphatic heterocycles. The molecule has 1 heterocycles.